The lowest BCUT2D eigenvalue weighted by Gasteiger charge is -2.12. The summed E-state index contributed by atoms with van der Waals surface area (Å²) in [5, 5.41) is 10.0. The summed E-state index contributed by atoms with van der Waals surface area (Å²) in [6, 6.07) is 4.44. The van der Waals surface area contributed by atoms with Crippen LogP contribution in [0.15, 0.2) is 29.8 Å². The smallest absolute Gasteiger partial charge is 0.142 e. The second-order valence-electron chi connectivity index (χ2n) is 3.75. The SMILES string of the molecule is OC(C1=CCCC1)c1ccc(Cl)c(F)c1. The second kappa shape index (κ2) is 4.33. The third-order valence-electron chi connectivity index (χ3n) is 2.69. The maximum Gasteiger partial charge on any atom is 0.142 e. The van der Waals surface area contributed by atoms with Crippen molar-refractivity contribution < 1.29 is 9.50 Å². The van der Waals surface area contributed by atoms with Gasteiger partial charge in [-0.15, -0.1) is 0 Å². The average molecular weight is 227 g/mol. The molecule has 1 nitrogen and oxygen atoms in total. The molecule has 1 aliphatic carbocycles. The summed E-state index contributed by atoms with van der Waals surface area (Å²) >= 11 is 5.57. The zero-order valence-corrected chi connectivity index (χ0v) is 8.97. The molecule has 15 heavy (non-hydrogen) atoms. The Bertz CT molecular complexity index is 401. The van der Waals surface area contributed by atoms with E-state index in [4.69, 9.17) is 11.6 Å². The quantitative estimate of drug-likeness (QED) is 0.764. The maximum atomic E-state index is 13.2. The molecule has 0 fully saturated rings. The standard InChI is InChI=1S/C12H12ClFO/c13-10-6-5-9(7-11(10)14)12(15)8-3-1-2-4-8/h3,5-7,12,15H,1-2,4H2. The first-order chi connectivity index (χ1) is 7.18. The molecule has 3 heteroatoms. The van der Waals surface area contributed by atoms with Gasteiger partial charge < -0.3 is 5.11 Å². The van der Waals surface area contributed by atoms with Crippen molar-refractivity contribution in [3.63, 3.8) is 0 Å². The fraction of sp³-hybridized carbons (Fsp3) is 0.333. The lowest BCUT2D eigenvalue weighted by atomic mass is 10.0. The molecule has 0 radical (unpaired) electrons. The van der Waals surface area contributed by atoms with Crippen molar-refractivity contribution in [2.75, 3.05) is 0 Å². The molecule has 0 amide bonds. The van der Waals surface area contributed by atoms with Gasteiger partial charge in [-0.2, -0.15) is 0 Å². The minimum Gasteiger partial charge on any atom is -0.384 e. The molecule has 1 aromatic rings. The molecule has 0 aliphatic heterocycles. The summed E-state index contributed by atoms with van der Waals surface area (Å²) in [4.78, 5) is 0. The van der Waals surface area contributed by atoms with Crippen molar-refractivity contribution >= 4 is 11.6 Å². The maximum absolute atomic E-state index is 13.2. The van der Waals surface area contributed by atoms with Crippen molar-refractivity contribution in [1.82, 2.24) is 0 Å². The number of benzene rings is 1. The number of rotatable bonds is 2. The molecule has 1 atom stereocenters. The molecule has 1 unspecified atom stereocenters. The number of aliphatic hydroxyl groups excluding tert-OH is 1. The van der Waals surface area contributed by atoms with E-state index in [1.165, 1.54) is 12.1 Å². The van der Waals surface area contributed by atoms with Gasteiger partial charge in [-0.05, 0) is 42.5 Å². The van der Waals surface area contributed by atoms with E-state index in [1.54, 1.807) is 6.07 Å². The van der Waals surface area contributed by atoms with Crippen molar-refractivity contribution in [1.29, 1.82) is 0 Å². The summed E-state index contributed by atoms with van der Waals surface area (Å²) in [6.07, 6.45) is 4.31. The van der Waals surface area contributed by atoms with Crippen LogP contribution in [0.5, 0.6) is 0 Å². The number of halogens is 2. The highest BCUT2D eigenvalue weighted by Crippen LogP contribution is 2.31. The fourth-order valence-corrected chi connectivity index (χ4v) is 1.96. The number of hydrogen-bond acceptors (Lipinski definition) is 1. The minimum absolute atomic E-state index is 0.0892. The molecule has 80 valence electrons. The highest BCUT2D eigenvalue weighted by Gasteiger charge is 2.17. The minimum atomic E-state index is -0.681. The van der Waals surface area contributed by atoms with E-state index in [0.717, 1.165) is 24.8 Å². The van der Waals surface area contributed by atoms with Crippen molar-refractivity contribution in [3.8, 4) is 0 Å². The van der Waals surface area contributed by atoms with Crippen LogP contribution in [0.25, 0.3) is 0 Å². The van der Waals surface area contributed by atoms with E-state index in [2.05, 4.69) is 0 Å². The summed E-state index contributed by atoms with van der Waals surface area (Å²) in [5.74, 6) is -0.480. The lowest BCUT2D eigenvalue weighted by molar-refractivity contribution is 0.212. The molecule has 1 aliphatic rings. The van der Waals surface area contributed by atoms with Crippen LogP contribution < -0.4 is 0 Å². The van der Waals surface area contributed by atoms with Gasteiger partial charge in [-0.3, -0.25) is 0 Å². The highest BCUT2D eigenvalue weighted by molar-refractivity contribution is 6.30. The monoisotopic (exact) mass is 226 g/mol. The zero-order chi connectivity index (χ0) is 10.8. The van der Waals surface area contributed by atoms with Crippen LogP contribution in [0.3, 0.4) is 0 Å². The molecule has 0 spiro atoms. The summed E-state index contributed by atoms with van der Waals surface area (Å²) in [6.45, 7) is 0. The van der Waals surface area contributed by atoms with E-state index < -0.39 is 11.9 Å². The Morgan fingerprint density at radius 1 is 1.40 bits per heavy atom. The van der Waals surface area contributed by atoms with Gasteiger partial charge in [-0.25, -0.2) is 4.39 Å². The Morgan fingerprint density at radius 2 is 2.20 bits per heavy atom. The first-order valence-corrected chi connectivity index (χ1v) is 5.38. The third-order valence-corrected chi connectivity index (χ3v) is 2.99. The van der Waals surface area contributed by atoms with Crippen LogP contribution in [-0.2, 0) is 0 Å². The number of hydrogen-bond donors (Lipinski definition) is 1. The van der Waals surface area contributed by atoms with Gasteiger partial charge in [0.2, 0.25) is 0 Å². The van der Waals surface area contributed by atoms with Gasteiger partial charge in [0, 0.05) is 0 Å². The van der Waals surface area contributed by atoms with Gasteiger partial charge in [0.1, 0.15) is 11.9 Å². The van der Waals surface area contributed by atoms with Crippen molar-refractivity contribution in [3.05, 3.63) is 46.3 Å². The Morgan fingerprint density at radius 3 is 2.80 bits per heavy atom. The molecule has 1 aromatic carbocycles. The molecular formula is C12H12ClFO. The van der Waals surface area contributed by atoms with Gasteiger partial charge >= 0.3 is 0 Å². The molecule has 0 bridgehead atoms. The normalized spacial score (nSPS) is 17.7. The predicted octanol–water partition coefficient (Wildman–Crippen LogP) is 3.62. The summed E-state index contributed by atoms with van der Waals surface area (Å²) in [5.41, 5.74) is 1.56. The van der Waals surface area contributed by atoms with E-state index >= 15 is 0 Å². The van der Waals surface area contributed by atoms with Gasteiger partial charge in [-0.1, -0.05) is 23.7 Å². The number of aliphatic hydroxyl groups is 1. The second-order valence-corrected chi connectivity index (χ2v) is 4.15. The topological polar surface area (TPSA) is 20.2 Å². The van der Waals surface area contributed by atoms with Crippen LogP contribution in [0.4, 0.5) is 4.39 Å². The van der Waals surface area contributed by atoms with Crippen molar-refractivity contribution in [2.24, 2.45) is 0 Å². The Hall–Kier alpha value is -0.860. The lowest BCUT2D eigenvalue weighted by Crippen LogP contribution is -2.00. The zero-order valence-electron chi connectivity index (χ0n) is 8.21. The Labute approximate surface area is 93.2 Å². The average Bonchev–Trinajstić information content (AvgIpc) is 2.74. The van der Waals surface area contributed by atoms with Gasteiger partial charge in [0.15, 0.2) is 0 Å². The Balaban J connectivity index is 2.25. The molecule has 1 N–H and O–H groups in total. The fourth-order valence-electron chi connectivity index (χ4n) is 1.84. The molecule has 0 saturated carbocycles. The summed E-state index contributed by atoms with van der Waals surface area (Å²) < 4.78 is 13.2. The predicted molar refractivity (Wildman–Crippen MR) is 58.3 cm³/mol. The first-order valence-electron chi connectivity index (χ1n) is 5.00. The Kier molecular flexibility index (Phi) is 3.08. The van der Waals surface area contributed by atoms with Crippen LogP contribution >= 0.6 is 11.6 Å². The molecule has 0 saturated heterocycles. The van der Waals surface area contributed by atoms with E-state index in [-0.39, 0.29) is 5.02 Å². The highest BCUT2D eigenvalue weighted by atomic mass is 35.5. The molecular weight excluding hydrogens is 215 g/mol. The number of allylic oxidation sites excluding steroid dienone is 1. The van der Waals surface area contributed by atoms with Crippen LogP contribution in [0.2, 0.25) is 5.02 Å². The van der Waals surface area contributed by atoms with Crippen LogP contribution in [0, 0.1) is 5.82 Å². The molecule has 2 rings (SSSR count). The van der Waals surface area contributed by atoms with Gasteiger partial charge in [0.25, 0.3) is 0 Å². The largest absolute Gasteiger partial charge is 0.384 e. The van der Waals surface area contributed by atoms with E-state index in [9.17, 15) is 9.50 Å². The summed E-state index contributed by atoms with van der Waals surface area (Å²) in [7, 11) is 0. The van der Waals surface area contributed by atoms with Crippen molar-refractivity contribution in [2.45, 2.75) is 25.4 Å². The van der Waals surface area contributed by atoms with Crippen LogP contribution in [-0.4, -0.2) is 5.11 Å². The third kappa shape index (κ3) is 2.21. The van der Waals surface area contributed by atoms with E-state index in [0.29, 0.717) is 5.56 Å². The van der Waals surface area contributed by atoms with Gasteiger partial charge in [0.05, 0.1) is 5.02 Å². The molecule has 0 aromatic heterocycles. The molecule has 0 heterocycles. The first kappa shape index (κ1) is 10.7. The van der Waals surface area contributed by atoms with Crippen LogP contribution in [0.1, 0.15) is 30.9 Å². The van der Waals surface area contributed by atoms with E-state index in [1.807, 2.05) is 6.08 Å².